The van der Waals surface area contributed by atoms with Gasteiger partial charge in [-0.25, -0.2) is 0 Å². The van der Waals surface area contributed by atoms with Gasteiger partial charge in [-0.05, 0) is 69.6 Å². The standard InChI is InChI=1S/C26H31F3N4O3/c1-24(36,26(27,28)29)18-4-2-17(3-5-18)23(35)33(19-6-7-19)20-8-11-25(12-9-20,13-10-22(30)34)21-16-31-14-15-32-21/h2-5,14-16,19-20,36H,6-13H2,1H3,(H2,30,34). The molecule has 0 saturated heterocycles. The Bertz CT molecular complexity index is 1080. The molecule has 10 heteroatoms. The van der Waals surface area contributed by atoms with Crippen LogP contribution >= 0.6 is 0 Å². The number of halogens is 3. The van der Waals surface area contributed by atoms with Gasteiger partial charge in [0.05, 0.1) is 5.69 Å². The van der Waals surface area contributed by atoms with Gasteiger partial charge in [0.25, 0.3) is 5.91 Å². The van der Waals surface area contributed by atoms with Crippen LogP contribution in [0.3, 0.4) is 0 Å². The Balaban J connectivity index is 1.51. The van der Waals surface area contributed by atoms with E-state index in [0.717, 1.165) is 30.7 Å². The van der Waals surface area contributed by atoms with Gasteiger partial charge in [0, 0.05) is 48.1 Å². The molecule has 4 rings (SSSR count). The number of rotatable bonds is 8. The van der Waals surface area contributed by atoms with Gasteiger partial charge in [-0.2, -0.15) is 13.2 Å². The average Bonchev–Trinajstić information content (AvgIpc) is 3.69. The molecule has 194 valence electrons. The predicted octanol–water partition coefficient (Wildman–Crippen LogP) is 4.00. The lowest BCUT2D eigenvalue weighted by atomic mass is 9.67. The van der Waals surface area contributed by atoms with E-state index >= 15 is 0 Å². The SMILES string of the molecule is CC(O)(c1ccc(C(=O)N(C2CC2)C2CCC(CCC(N)=O)(c3cnccn3)CC2)cc1)C(F)(F)F. The summed E-state index contributed by atoms with van der Waals surface area (Å²) in [5.74, 6) is -0.590. The summed E-state index contributed by atoms with van der Waals surface area (Å²) in [6.45, 7) is 0.698. The molecule has 36 heavy (non-hydrogen) atoms. The number of nitrogens with two attached hydrogens (primary N) is 1. The fourth-order valence-electron chi connectivity index (χ4n) is 5.24. The van der Waals surface area contributed by atoms with Crippen LogP contribution in [0.25, 0.3) is 0 Å². The molecule has 1 unspecified atom stereocenters. The molecule has 1 aromatic carbocycles. The molecule has 2 fully saturated rings. The summed E-state index contributed by atoms with van der Waals surface area (Å²) in [5.41, 5.74) is 2.89. The van der Waals surface area contributed by atoms with Crippen LogP contribution in [0.5, 0.6) is 0 Å². The molecule has 0 bridgehead atoms. The Labute approximate surface area is 207 Å². The lowest BCUT2D eigenvalue weighted by Gasteiger charge is -2.43. The number of carbonyl (C=O) groups is 2. The zero-order valence-electron chi connectivity index (χ0n) is 20.2. The van der Waals surface area contributed by atoms with Gasteiger partial charge in [-0.3, -0.25) is 19.6 Å². The van der Waals surface area contributed by atoms with Crippen LogP contribution in [-0.2, 0) is 15.8 Å². The molecule has 0 aliphatic heterocycles. The Hall–Kier alpha value is -3.01. The van der Waals surface area contributed by atoms with Crippen LogP contribution in [0.2, 0.25) is 0 Å². The van der Waals surface area contributed by atoms with Crippen LogP contribution in [0.15, 0.2) is 42.9 Å². The summed E-state index contributed by atoms with van der Waals surface area (Å²) in [4.78, 5) is 35.6. The number of hydrogen-bond donors (Lipinski definition) is 2. The summed E-state index contributed by atoms with van der Waals surface area (Å²) < 4.78 is 39.6. The molecular weight excluding hydrogens is 473 g/mol. The summed E-state index contributed by atoms with van der Waals surface area (Å²) >= 11 is 0. The van der Waals surface area contributed by atoms with Gasteiger partial charge < -0.3 is 15.7 Å². The molecule has 7 nitrogen and oxygen atoms in total. The largest absolute Gasteiger partial charge is 0.421 e. The first-order valence-corrected chi connectivity index (χ1v) is 12.2. The van der Waals surface area contributed by atoms with E-state index in [4.69, 9.17) is 5.73 Å². The second kappa shape index (κ2) is 9.80. The van der Waals surface area contributed by atoms with Gasteiger partial charge in [0.1, 0.15) is 0 Å². The van der Waals surface area contributed by atoms with E-state index in [1.54, 1.807) is 18.6 Å². The highest BCUT2D eigenvalue weighted by molar-refractivity contribution is 5.95. The molecule has 2 aliphatic rings. The number of alkyl halides is 3. The minimum Gasteiger partial charge on any atom is -0.376 e. The van der Waals surface area contributed by atoms with Gasteiger partial charge in [0.15, 0.2) is 5.60 Å². The van der Waals surface area contributed by atoms with Crippen LogP contribution in [0.4, 0.5) is 13.2 Å². The molecule has 0 spiro atoms. The summed E-state index contributed by atoms with van der Waals surface area (Å²) in [7, 11) is 0. The number of amides is 2. The Kier molecular flexibility index (Phi) is 7.10. The molecule has 1 atom stereocenters. The Morgan fingerprint density at radius 3 is 2.19 bits per heavy atom. The lowest BCUT2D eigenvalue weighted by Crippen LogP contribution is -2.47. The van der Waals surface area contributed by atoms with Crippen molar-refractivity contribution < 1.29 is 27.9 Å². The lowest BCUT2D eigenvalue weighted by molar-refractivity contribution is -0.258. The molecule has 2 aromatic rings. The number of aliphatic hydroxyl groups is 1. The fourth-order valence-corrected chi connectivity index (χ4v) is 5.24. The van der Waals surface area contributed by atoms with Crippen molar-refractivity contribution in [3.63, 3.8) is 0 Å². The van der Waals surface area contributed by atoms with Gasteiger partial charge in [-0.1, -0.05) is 12.1 Å². The van der Waals surface area contributed by atoms with Crippen LogP contribution in [0.1, 0.15) is 79.9 Å². The second-order valence-electron chi connectivity index (χ2n) is 10.2. The van der Waals surface area contributed by atoms with Crippen molar-refractivity contribution in [2.24, 2.45) is 5.73 Å². The number of hydrogen-bond acceptors (Lipinski definition) is 5. The number of benzene rings is 1. The summed E-state index contributed by atoms with van der Waals surface area (Å²) in [6, 6.07) is 5.11. The van der Waals surface area contributed by atoms with Crippen molar-refractivity contribution >= 4 is 11.8 Å². The van der Waals surface area contributed by atoms with Crippen molar-refractivity contribution in [3.8, 4) is 0 Å². The highest BCUT2D eigenvalue weighted by Gasteiger charge is 2.51. The average molecular weight is 505 g/mol. The number of primary amides is 1. The number of nitrogens with zero attached hydrogens (tertiary/aromatic N) is 3. The topological polar surface area (TPSA) is 109 Å². The highest BCUT2D eigenvalue weighted by atomic mass is 19.4. The number of aromatic nitrogens is 2. The van der Waals surface area contributed by atoms with E-state index in [1.165, 1.54) is 12.1 Å². The molecule has 0 radical (unpaired) electrons. The minimum atomic E-state index is -4.83. The third kappa shape index (κ3) is 5.23. The summed E-state index contributed by atoms with van der Waals surface area (Å²) in [5, 5.41) is 9.93. The maximum Gasteiger partial charge on any atom is 0.421 e. The fraction of sp³-hybridized carbons (Fsp3) is 0.538. The van der Waals surface area contributed by atoms with Gasteiger partial charge >= 0.3 is 6.18 Å². The van der Waals surface area contributed by atoms with Crippen molar-refractivity contribution in [1.82, 2.24) is 14.9 Å². The third-order valence-electron chi connectivity index (χ3n) is 7.68. The zero-order chi connectivity index (χ0) is 26.1. The smallest absolute Gasteiger partial charge is 0.376 e. The number of carbonyl (C=O) groups excluding carboxylic acids is 2. The minimum absolute atomic E-state index is 0.0265. The maximum absolute atomic E-state index is 13.5. The second-order valence-corrected chi connectivity index (χ2v) is 10.2. The Morgan fingerprint density at radius 2 is 1.69 bits per heavy atom. The zero-order valence-corrected chi connectivity index (χ0v) is 20.2. The van der Waals surface area contributed by atoms with Crippen molar-refractivity contribution in [1.29, 1.82) is 0 Å². The molecular formula is C26H31F3N4O3. The van der Waals surface area contributed by atoms with Crippen LogP contribution < -0.4 is 5.73 Å². The summed E-state index contributed by atoms with van der Waals surface area (Å²) in [6.07, 6.45) is 5.55. The first-order chi connectivity index (χ1) is 16.9. The molecule has 2 saturated carbocycles. The normalized spacial score (nSPS) is 24.1. The van der Waals surface area contributed by atoms with E-state index in [-0.39, 0.29) is 41.3 Å². The van der Waals surface area contributed by atoms with Crippen molar-refractivity contribution in [2.75, 3.05) is 0 Å². The van der Waals surface area contributed by atoms with E-state index in [2.05, 4.69) is 9.97 Å². The molecule has 2 aliphatic carbocycles. The van der Waals surface area contributed by atoms with Crippen LogP contribution in [0, 0.1) is 0 Å². The monoisotopic (exact) mass is 504 g/mol. The highest BCUT2D eigenvalue weighted by Crippen LogP contribution is 2.45. The van der Waals surface area contributed by atoms with Gasteiger partial charge in [0.2, 0.25) is 5.91 Å². The van der Waals surface area contributed by atoms with E-state index in [9.17, 15) is 27.9 Å². The van der Waals surface area contributed by atoms with Gasteiger partial charge in [-0.15, -0.1) is 0 Å². The third-order valence-corrected chi connectivity index (χ3v) is 7.68. The first-order valence-electron chi connectivity index (χ1n) is 12.2. The van der Waals surface area contributed by atoms with E-state index in [1.807, 2.05) is 4.90 Å². The molecule has 3 N–H and O–H groups in total. The maximum atomic E-state index is 13.5. The van der Waals surface area contributed by atoms with Crippen molar-refractivity contribution in [3.05, 3.63) is 59.7 Å². The predicted molar refractivity (Wildman–Crippen MR) is 126 cm³/mol. The van der Waals surface area contributed by atoms with E-state index in [0.29, 0.717) is 44.6 Å². The molecule has 1 aromatic heterocycles. The Morgan fingerprint density at radius 1 is 1.08 bits per heavy atom. The van der Waals surface area contributed by atoms with Crippen LogP contribution in [-0.4, -0.2) is 50.0 Å². The molecule has 2 amide bonds. The molecule has 1 heterocycles. The van der Waals surface area contributed by atoms with E-state index < -0.39 is 11.8 Å². The quantitative estimate of drug-likeness (QED) is 0.565. The first kappa shape index (κ1) is 26.1. The van der Waals surface area contributed by atoms with Crippen molar-refractivity contribution in [2.45, 2.75) is 87.6 Å².